The molecule has 0 bridgehead atoms. The van der Waals surface area contributed by atoms with E-state index in [4.69, 9.17) is 0 Å². The molecule has 0 aliphatic heterocycles. The average molecular weight is 676 g/mol. The lowest BCUT2D eigenvalue weighted by Gasteiger charge is -2.22. The van der Waals surface area contributed by atoms with Gasteiger partial charge in [0.2, 0.25) is 0 Å². The van der Waals surface area contributed by atoms with Crippen LogP contribution in [0.4, 0.5) is 11.4 Å². The van der Waals surface area contributed by atoms with Gasteiger partial charge in [-0.15, -0.1) is 4.57 Å². The Kier molecular flexibility index (Phi) is 10.9. The molecule has 2 aromatic heterocycles. The summed E-state index contributed by atoms with van der Waals surface area (Å²) in [5, 5.41) is 11.3. The Bertz CT molecular complexity index is 1840. The topological polar surface area (TPSA) is 153 Å². The summed E-state index contributed by atoms with van der Waals surface area (Å²) in [4.78, 5) is 0. The predicted octanol–water partition coefficient (Wildman–Crippen LogP) is 2.96. The van der Waals surface area contributed by atoms with Crippen LogP contribution in [0.1, 0.15) is 36.8 Å². The molecule has 2 N–H and O–H groups in total. The van der Waals surface area contributed by atoms with Gasteiger partial charge < -0.3 is 0 Å². The van der Waals surface area contributed by atoms with Crippen LogP contribution in [0.2, 0.25) is 0 Å². The van der Waals surface area contributed by atoms with Crippen molar-refractivity contribution in [2.75, 3.05) is 24.1 Å². The molecular weight excluding hydrogens is 639 g/mol. The van der Waals surface area contributed by atoms with E-state index in [1.807, 2.05) is 60.7 Å². The van der Waals surface area contributed by atoms with Crippen LogP contribution >= 0.6 is 11.3 Å². The molecule has 13 nitrogen and oxygen atoms in total. The minimum atomic E-state index is -4.95. The Morgan fingerprint density at radius 1 is 0.867 bits per heavy atom. The lowest BCUT2D eigenvalue weighted by Crippen LogP contribution is -2.51. The quantitative estimate of drug-likeness (QED) is 0.0896. The number of imidazole rings is 1. The number of hydrogen-bond acceptors (Lipinski definition) is 9. The number of benzene rings is 2. The molecule has 0 saturated heterocycles. The first-order chi connectivity index (χ1) is 21.3. The number of para-hydroxylation sites is 2. The van der Waals surface area contributed by atoms with Crippen LogP contribution in [0, 0.1) is 0 Å². The molecular formula is C29H37N7O6S3+2. The molecule has 0 aliphatic carbocycles. The number of aryl methyl sites for hydroxylation is 1. The summed E-state index contributed by atoms with van der Waals surface area (Å²) in [6.07, 6.45) is 6.88. The second-order valence-electron chi connectivity index (χ2n) is 10.3. The van der Waals surface area contributed by atoms with Gasteiger partial charge in [-0.2, -0.15) is 31.6 Å². The molecule has 240 valence electrons. The smallest absolute Gasteiger partial charge is 0.285 e. The fourth-order valence-corrected chi connectivity index (χ4v) is 8.45. The van der Waals surface area contributed by atoms with Crippen molar-refractivity contribution >= 4 is 55.4 Å². The van der Waals surface area contributed by atoms with E-state index in [1.165, 1.54) is 18.3 Å². The summed E-state index contributed by atoms with van der Waals surface area (Å²) in [5.74, 6) is 0.541. The molecule has 4 rings (SSSR count). The van der Waals surface area contributed by atoms with E-state index in [2.05, 4.69) is 10.2 Å². The van der Waals surface area contributed by atoms with Gasteiger partial charge in [0.25, 0.3) is 25.2 Å². The van der Waals surface area contributed by atoms with Crippen molar-refractivity contribution in [3.05, 3.63) is 95.5 Å². The van der Waals surface area contributed by atoms with Crippen molar-refractivity contribution in [1.82, 2.24) is 4.57 Å². The maximum atomic E-state index is 12.7. The van der Waals surface area contributed by atoms with Crippen LogP contribution in [0.15, 0.2) is 94.8 Å². The van der Waals surface area contributed by atoms with Crippen molar-refractivity contribution in [3.8, 4) is 0 Å². The first-order valence-electron chi connectivity index (χ1n) is 13.9. The molecule has 16 heteroatoms. The van der Waals surface area contributed by atoms with Gasteiger partial charge in [-0.1, -0.05) is 54.7 Å². The monoisotopic (exact) mass is 675 g/mol. The molecule has 0 saturated carbocycles. The van der Waals surface area contributed by atoms with Gasteiger partial charge in [-0.25, -0.2) is 4.57 Å². The van der Waals surface area contributed by atoms with Gasteiger partial charge >= 0.3 is 12.0 Å². The third kappa shape index (κ3) is 8.40. The van der Waals surface area contributed by atoms with Crippen molar-refractivity contribution in [2.45, 2.75) is 36.4 Å². The van der Waals surface area contributed by atoms with Crippen LogP contribution in [-0.4, -0.2) is 67.5 Å². The Labute approximate surface area is 267 Å². The first-order valence-corrected chi connectivity index (χ1v) is 17.8. The lowest BCUT2D eigenvalue weighted by atomic mass is 10.1. The number of hydrogen-bond donors (Lipinski definition) is 2. The minimum absolute atomic E-state index is 0.240. The molecule has 0 fully saturated rings. The Hall–Kier alpha value is -3.96. The summed E-state index contributed by atoms with van der Waals surface area (Å²) >= 11 is 1.34. The Morgan fingerprint density at radius 2 is 1.40 bits per heavy atom. The van der Waals surface area contributed by atoms with Crippen LogP contribution < -0.4 is 19.2 Å². The number of nitrogens with zero attached hydrogens (tertiary/aromatic N) is 7. The molecule has 0 aliphatic rings. The Morgan fingerprint density at radius 3 is 1.91 bits per heavy atom. The van der Waals surface area contributed by atoms with E-state index in [1.54, 1.807) is 81.3 Å². The van der Waals surface area contributed by atoms with Crippen molar-refractivity contribution in [3.63, 3.8) is 0 Å². The first kappa shape index (κ1) is 33.9. The standard InChI is InChI=1S/C29H35N7O6S3/c1-5-25(44(37,38)39)26(45(40,41)42)20-27(36-18-19-43-29(36)22-31-34(4)24-14-10-7-11-15-24)35-17-16-32(2)28(35)21-30-33(3)23-12-8-6-9-13-23/h6-19,21-22,25-27H,5,20H2,1-4H3/p+2. The van der Waals surface area contributed by atoms with Crippen LogP contribution in [0.5, 0.6) is 0 Å². The van der Waals surface area contributed by atoms with E-state index in [9.17, 15) is 25.9 Å². The van der Waals surface area contributed by atoms with Crippen molar-refractivity contribution in [1.29, 1.82) is 0 Å². The maximum absolute atomic E-state index is 12.7. The Balaban J connectivity index is 1.83. The summed E-state index contributed by atoms with van der Waals surface area (Å²) in [6.45, 7) is 1.44. The number of aromatic nitrogens is 3. The van der Waals surface area contributed by atoms with Crippen LogP contribution in [0.25, 0.3) is 0 Å². The molecule has 45 heavy (non-hydrogen) atoms. The average Bonchev–Trinajstić information content (AvgIpc) is 3.62. The second kappa shape index (κ2) is 14.4. The SMILES string of the molecule is CCC(C(CC(n1cc[n+](C)c1C=NN(C)c1ccccc1)[n+]1ccsc1C=NN(C)c1ccccc1)S(=O)(=O)O)S(=O)(=O)O. The summed E-state index contributed by atoms with van der Waals surface area (Å²) < 4.78 is 75.6. The number of thiazole rings is 1. The fourth-order valence-electron chi connectivity index (χ4n) is 4.95. The van der Waals surface area contributed by atoms with E-state index in [-0.39, 0.29) is 6.42 Å². The molecule has 2 heterocycles. The molecule has 4 aromatic rings. The highest BCUT2D eigenvalue weighted by molar-refractivity contribution is 7.90. The third-order valence-corrected chi connectivity index (χ3v) is 11.1. The van der Waals surface area contributed by atoms with Crippen LogP contribution in [-0.2, 0) is 27.3 Å². The zero-order chi connectivity index (χ0) is 32.8. The molecule has 0 radical (unpaired) electrons. The highest BCUT2D eigenvalue weighted by atomic mass is 32.2. The normalized spacial score (nSPS) is 14.5. The van der Waals surface area contributed by atoms with Crippen LogP contribution in [0.3, 0.4) is 0 Å². The van der Waals surface area contributed by atoms with Crippen molar-refractivity contribution < 1.29 is 35.1 Å². The zero-order valence-corrected chi connectivity index (χ0v) is 27.7. The van der Waals surface area contributed by atoms with Gasteiger partial charge in [0, 0.05) is 14.1 Å². The number of hydrazone groups is 2. The highest BCUT2D eigenvalue weighted by Crippen LogP contribution is 2.26. The van der Waals surface area contributed by atoms with Crippen molar-refractivity contribution in [2.24, 2.45) is 17.3 Å². The van der Waals surface area contributed by atoms with Gasteiger partial charge in [-0.3, -0.25) is 19.1 Å². The fraction of sp³-hybridized carbons (Fsp3) is 0.310. The second-order valence-corrected chi connectivity index (χ2v) is 14.5. The van der Waals surface area contributed by atoms with E-state index < -0.39 is 43.3 Å². The van der Waals surface area contributed by atoms with E-state index >= 15 is 0 Å². The van der Waals surface area contributed by atoms with Gasteiger partial charge in [-0.05, 0) is 30.7 Å². The number of rotatable bonds is 14. The molecule has 2 aromatic carbocycles. The van der Waals surface area contributed by atoms with Gasteiger partial charge in [0.15, 0.2) is 6.20 Å². The summed E-state index contributed by atoms with van der Waals surface area (Å²) in [5.41, 5.74) is 1.68. The number of anilines is 2. The largest absolute Gasteiger partial charge is 0.307 e. The van der Waals surface area contributed by atoms with Gasteiger partial charge in [0.1, 0.15) is 35.3 Å². The summed E-state index contributed by atoms with van der Waals surface area (Å²) in [7, 11) is -4.42. The molecule has 0 amide bonds. The zero-order valence-electron chi connectivity index (χ0n) is 25.3. The third-order valence-electron chi connectivity index (χ3n) is 7.36. The van der Waals surface area contributed by atoms with E-state index in [0.29, 0.717) is 10.8 Å². The summed E-state index contributed by atoms with van der Waals surface area (Å²) in [6, 6.07) is 19.0. The molecule has 0 spiro atoms. The maximum Gasteiger partial charge on any atom is 0.307 e. The highest BCUT2D eigenvalue weighted by Gasteiger charge is 2.46. The van der Waals surface area contributed by atoms with Gasteiger partial charge in [0.05, 0.1) is 30.2 Å². The van der Waals surface area contributed by atoms with E-state index in [0.717, 1.165) is 11.4 Å². The lowest BCUT2D eigenvalue weighted by molar-refractivity contribution is -0.729. The predicted molar refractivity (Wildman–Crippen MR) is 175 cm³/mol. The molecule has 3 atom stereocenters. The minimum Gasteiger partial charge on any atom is -0.285 e. The molecule has 3 unspecified atom stereocenters.